The molecule has 0 saturated carbocycles. The highest BCUT2D eigenvalue weighted by atomic mass is 35.5. The highest BCUT2D eigenvalue weighted by Gasteiger charge is 2.32. The Balaban J connectivity index is 2.41. The number of rotatable bonds is 13. The van der Waals surface area contributed by atoms with Crippen LogP contribution < -0.4 is 14.4 Å². The molecule has 0 bridgehead atoms. The molecule has 1 atom stereocenters. The number of benzene rings is 2. The SMILES string of the molecule is CC[C@@H](C(=O)NCC(C)C)N(CCc1ccccc1)C(=O)CN(c1cc(Cl)ccc1OC)S(C)(=O)=O. The van der Waals surface area contributed by atoms with Crippen LogP contribution >= 0.6 is 11.6 Å². The van der Waals surface area contributed by atoms with E-state index in [1.54, 1.807) is 12.1 Å². The molecular weight excluding hydrogens is 502 g/mol. The van der Waals surface area contributed by atoms with Gasteiger partial charge in [0.25, 0.3) is 0 Å². The Labute approximate surface area is 219 Å². The van der Waals surface area contributed by atoms with Crippen molar-refractivity contribution in [1.29, 1.82) is 0 Å². The summed E-state index contributed by atoms with van der Waals surface area (Å²) in [5.41, 5.74) is 1.16. The van der Waals surface area contributed by atoms with Gasteiger partial charge in [-0.1, -0.05) is 62.7 Å². The Morgan fingerprint density at radius 1 is 1.11 bits per heavy atom. The lowest BCUT2D eigenvalue weighted by molar-refractivity contribution is -0.139. The van der Waals surface area contributed by atoms with Gasteiger partial charge in [0.1, 0.15) is 18.3 Å². The highest BCUT2D eigenvalue weighted by Crippen LogP contribution is 2.33. The third-order valence-electron chi connectivity index (χ3n) is 5.64. The van der Waals surface area contributed by atoms with Gasteiger partial charge in [0, 0.05) is 18.1 Å². The predicted molar refractivity (Wildman–Crippen MR) is 144 cm³/mol. The molecule has 0 aromatic heterocycles. The summed E-state index contributed by atoms with van der Waals surface area (Å²) in [6.07, 6.45) is 1.91. The molecule has 0 unspecified atom stereocenters. The van der Waals surface area contributed by atoms with Gasteiger partial charge in [-0.25, -0.2) is 8.42 Å². The number of halogens is 1. The molecular formula is C26H36ClN3O5S. The van der Waals surface area contributed by atoms with Crippen LogP contribution in [0.25, 0.3) is 0 Å². The minimum atomic E-state index is -3.89. The van der Waals surface area contributed by atoms with Crippen LogP contribution in [0.3, 0.4) is 0 Å². The molecule has 0 radical (unpaired) electrons. The zero-order chi connectivity index (χ0) is 26.9. The summed E-state index contributed by atoms with van der Waals surface area (Å²) in [5.74, 6) is -0.255. The Hall–Kier alpha value is -2.78. The lowest BCUT2D eigenvalue weighted by Crippen LogP contribution is -2.53. The fraction of sp³-hybridized carbons (Fsp3) is 0.462. The number of nitrogens with one attached hydrogen (secondary N) is 1. The van der Waals surface area contributed by atoms with Crippen LogP contribution in [0.5, 0.6) is 5.75 Å². The average Bonchev–Trinajstić information content (AvgIpc) is 2.83. The van der Waals surface area contributed by atoms with Gasteiger partial charge in [-0.3, -0.25) is 13.9 Å². The maximum atomic E-state index is 13.7. The molecule has 1 N–H and O–H groups in total. The van der Waals surface area contributed by atoms with E-state index in [9.17, 15) is 18.0 Å². The minimum absolute atomic E-state index is 0.154. The van der Waals surface area contributed by atoms with E-state index in [4.69, 9.17) is 16.3 Å². The van der Waals surface area contributed by atoms with Gasteiger partial charge in [0.05, 0.1) is 19.1 Å². The summed E-state index contributed by atoms with van der Waals surface area (Å²) in [6, 6.07) is 13.4. The first-order valence-electron chi connectivity index (χ1n) is 11.9. The van der Waals surface area contributed by atoms with Crippen LogP contribution in [0.1, 0.15) is 32.8 Å². The third kappa shape index (κ3) is 8.41. The first-order valence-corrected chi connectivity index (χ1v) is 14.1. The molecule has 2 rings (SSSR count). The molecule has 2 amide bonds. The molecule has 10 heteroatoms. The van der Waals surface area contributed by atoms with Gasteiger partial charge in [-0.05, 0) is 42.5 Å². The number of ether oxygens (including phenoxy) is 1. The smallest absolute Gasteiger partial charge is 0.244 e. The van der Waals surface area contributed by atoms with E-state index in [-0.39, 0.29) is 29.8 Å². The molecule has 36 heavy (non-hydrogen) atoms. The normalized spacial score (nSPS) is 12.2. The lowest BCUT2D eigenvalue weighted by atomic mass is 10.1. The van der Waals surface area contributed by atoms with Gasteiger partial charge < -0.3 is 15.0 Å². The van der Waals surface area contributed by atoms with Crippen molar-refractivity contribution in [2.24, 2.45) is 5.92 Å². The molecule has 0 heterocycles. The van der Waals surface area contributed by atoms with E-state index >= 15 is 0 Å². The second-order valence-electron chi connectivity index (χ2n) is 8.97. The summed E-state index contributed by atoms with van der Waals surface area (Å²) in [5, 5.41) is 3.20. The summed E-state index contributed by atoms with van der Waals surface area (Å²) in [7, 11) is -2.48. The van der Waals surface area contributed by atoms with E-state index < -0.39 is 28.5 Å². The number of anilines is 1. The van der Waals surface area contributed by atoms with Crippen molar-refractivity contribution < 1.29 is 22.7 Å². The number of carbonyl (C=O) groups excluding carboxylic acids is 2. The van der Waals surface area contributed by atoms with Crippen molar-refractivity contribution in [3.05, 3.63) is 59.1 Å². The van der Waals surface area contributed by atoms with E-state index in [1.165, 1.54) is 18.1 Å². The molecule has 0 aliphatic heterocycles. The molecule has 0 aliphatic carbocycles. The second-order valence-corrected chi connectivity index (χ2v) is 11.3. The number of nitrogens with zero attached hydrogens (tertiary/aromatic N) is 2. The standard InChI is InChI=1S/C26H36ClN3O5S/c1-6-22(26(32)28-17-19(2)3)29(15-14-20-10-8-7-9-11-20)25(31)18-30(36(5,33)34)23-16-21(27)12-13-24(23)35-4/h7-13,16,19,22H,6,14-15,17-18H2,1-5H3,(H,28,32)/t22-/m0/s1. The molecule has 2 aromatic carbocycles. The fourth-order valence-electron chi connectivity index (χ4n) is 3.77. The van der Waals surface area contributed by atoms with E-state index in [1.807, 2.05) is 51.1 Å². The molecule has 198 valence electrons. The van der Waals surface area contributed by atoms with Crippen LogP contribution in [0.2, 0.25) is 5.02 Å². The largest absolute Gasteiger partial charge is 0.495 e. The maximum Gasteiger partial charge on any atom is 0.244 e. The van der Waals surface area contributed by atoms with Crippen molar-refractivity contribution in [3.8, 4) is 5.75 Å². The molecule has 0 spiro atoms. The monoisotopic (exact) mass is 537 g/mol. The quantitative estimate of drug-likeness (QED) is 0.420. The van der Waals surface area contributed by atoms with Gasteiger partial charge >= 0.3 is 0 Å². The van der Waals surface area contributed by atoms with Gasteiger partial charge in [0.15, 0.2) is 0 Å². The van der Waals surface area contributed by atoms with Crippen LogP contribution in [0, 0.1) is 5.92 Å². The lowest BCUT2D eigenvalue weighted by Gasteiger charge is -2.33. The Morgan fingerprint density at radius 3 is 2.33 bits per heavy atom. The van der Waals surface area contributed by atoms with Crippen molar-refractivity contribution in [3.63, 3.8) is 0 Å². The Kier molecular flexibility index (Phi) is 11.0. The number of amides is 2. The molecule has 0 saturated heterocycles. The minimum Gasteiger partial charge on any atom is -0.495 e. The molecule has 0 aliphatic rings. The van der Waals surface area contributed by atoms with Gasteiger partial charge in [0.2, 0.25) is 21.8 Å². The average molecular weight is 538 g/mol. The highest BCUT2D eigenvalue weighted by molar-refractivity contribution is 7.92. The topological polar surface area (TPSA) is 96.0 Å². The van der Waals surface area contributed by atoms with Crippen LogP contribution in [-0.4, -0.2) is 64.2 Å². The zero-order valence-corrected chi connectivity index (χ0v) is 23.1. The molecule has 8 nitrogen and oxygen atoms in total. The van der Waals surface area contributed by atoms with Gasteiger partial charge in [-0.2, -0.15) is 0 Å². The fourth-order valence-corrected chi connectivity index (χ4v) is 4.78. The van der Waals surface area contributed by atoms with E-state index in [0.29, 0.717) is 24.4 Å². The number of carbonyl (C=O) groups is 2. The van der Waals surface area contributed by atoms with Crippen molar-refractivity contribution in [2.75, 3.05) is 37.3 Å². The molecule has 2 aromatic rings. The number of hydrogen-bond donors (Lipinski definition) is 1. The van der Waals surface area contributed by atoms with Gasteiger partial charge in [-0.15, -0.1) is 0 Å². The molecule has 0 fully saturated rings. The predicted octanol–water partition coefficient (Wildman–Crippen LogP) is 3.74. The van der Waals surface area contributed by atoms with Crippen LogP contribution in [-0.2, 0) is 26.0 Å². The first kappa shape index (κ1) is 29.5. The van der Waals surface area contributed by atoms with Crippen molar-refractivity contribution in [1.82, 2.24) is 10.2 Å². The Bertz CT molecular complexity index is 1130. The maximum absolute atomic E-state index is 13.7. The van der Waals surface area contributed by atoms with Crippen LogP contribution in [0.15, 0.2) is 48.5 Å². The summed E-state index contributed by atoms with van der Waals surface area (Å²) < 4.78 is 31.9. The third-order valence-corrected chi connectivity index (χ3v) is 7.01. The van der Waals surface area contributed by atoms with Crippen molar-refractivity contribution in [2.45, 2.75) is 39.7 Å². The summed E-state index contributed by atoms with van der Waals surface area (Å²) >= 11 is 6.13. The van der Waals surface area contributed by atoms with E-state index in [0.717, 1.165) is 16.1 Å². The Morgan fingerprint density at radius 2 is 1.78 bits per heavy atom. The second kappa shape index (κ2) is 13.5. The number of hydrogen-bond acceptors (Lipinski definition) is 5. The zero-order valence-electron chi connectivity index (χ0n) is 21.5. The summed E-state index contributed by atoms with van der Waals surface area (Å²) in [6.45, 7) is 6.03. The number of sulfonamides is 1. The van der Waals surface area contributed by atoms with Crippen molar-refractivity contribution >= 4 is 39.1 Å². The van der Waals surface area contributed by atoms with E-state index in [2.05, 4.69) is 5.32 Å². The number of methoxy groups -OCH3 is 1. The van der Waals surface area contributed by atoms with Crippen LogP contribution in [0.4, 0.5) is 5.69 Å². The summed E-state index contributed by atoms with van der Waals surface area (Å²) in [4.78, 5) is 28.2. The first-order chi connectivity index (χ1) is 17.0.